The second-order valence-electron chi connectivity index (χ2n) is 6.43. The van der Waals surface area contributed by atoms with Crippen LogP contribution in [-0.2, 0) is 16.2 Å². The van der Waals surface area contributed by atoms with Crippen molar-refractivity contribution in [2.75, 3.05) is 6.61 Å². The van der Waals surface area contributed by atoms with E-state index in [0.29, 0.717) is 29.8 Å². The predicted molar refractivity (Wildman–Crippen MR) is 110 cm³/mol. The minimum atomic E-state index is -0.941. The number of rotatable bonds is 11. The van der Waals surface area contributed by atoms with E-state index < -0.39 is 5.97 Å². The van der Waals surface area contributed by atoms with E-state index in [1.54, 1.807) is 18.2 Å². The van der Waals surface area contributed by atoms with Crippen LogP contribution in [0.15, 0.2) is 64.8 Å². The van der Waals surface area contributed by atoms with Gasteiger partial charge in [-0.2, -0.15) is 4.98 Å². The van der Waals surface area contributed by atoms with Crippen LogP contribution in [0, 0.1) is 0 Å². The van der Waals surface area contributed by atoms with Gasteiger partial charge in [0, 0.05) is 11.3 Å². The summed E-state index contributed by atoms with van der Waals surface area (Å²) in [7, 11) is 0. The summed E-state index contributed by atoms with van der Waals surface area (Å²) in [5.74, 6) is 0.571. The SMILES string of the molecule is CCCONC(=Cc1ccc(OCc2nc(-c3ccccc3)no2)cc1)CC(=O)O. The third kappa shape index (κ3) is 6.46. The molecule has 0 amide bonds. The number of carboxylic acid groups (broad SMARTS) is 1. The molecular formula is C22H23N3O5. The fourth-order valence-electron chi connectivity index (χ4n) is 2.55. The van der Waals surface area contributed by atoms with Crippen molar-refractivity contribution < 1.29 is 24.0 Å². The van der Waals surface area contributed by atoms with Gasteiger partial charge in [0.2, 0.25) is 5.82 Å². The number of hydrogen-bond donors (Lipinski definition) is 2. The normalized spacial score (nSPS) is 11.3. The molecule has 3 rings (SSSR count). The Labute approximate surface area is 174 Å². The van der Waals surface area contributed by atoms with Crippen molar-refractivity contribution in [2.45, 2.75) is 26.4 Å². The smallest absolute Gasteiger partial charge is 0.309 e. The average Bonchev–Trinajstić information content (AvgIpc) is 3.23. The Morgan fingerprint density at radius 2 is 1.93 bits per heavy atom. The van der Waals surface area contributed by atoms with E-state index in [4.69, 9.17) is 19.2 Å². The van der Waals surface area contributed by atoms with Crippen molar-refractivity contribution in [3.05, 3.63) is 71.7 Å². The lowest BCUT2D eigenvalue weighted by Gasteiger charge is -2.09. The van der Waals surface area contributed by atoms with E-state index in [2.05, 4.69) is 15.6 Å². The lowest BCUT2D eigenvalue weighted by atomic mass is 10.1. The Hall–Kier alpha value is -3.65. The van der Waals surface area contributed by atoms with Crippen LogP contribution in [0.1, 0.15) is 31.2 Å². The third-order valence-corrected chi connectivity index (χ3v) is 3.93. The van der Waals surface area contributed by atoms with Gasteiger partial charge in [0.1, 0.15) is 5.75 Å². The maximum absolute atomic E-state index is 11.0. The summed E-state index contributed by atoms with van der Waals surface area (Å²) in [6.07, 6.45) is 2.38. The minimum Gasteiger partial charge on any atom is -0.484 e. The van der Waals surface area contributed by atoms with Gasteiger partial charge in [-0.15, -0.1) is 0 Å². The molecule has 2 N–H and O–H groups in total. The predicted octanol–water partition coefficient (Wildman–Crippen LogP) is 4.06. The lowest BCUT2D eigenvalue weighted by molar-refractivity contribution is -0.136. The number of hydroxylamine groups is 1. The molecule has 0 saturated carbocycles. The zero-order valence-electron chi connectivity index (χ0n) is 16.6. The Morgan fingerprint density at radius 3 is 2.63 bits per heavy atom. The molecule has 0 spiro atoms. The monoisotopic (exact) mass is 409 g/mol. The second kappa shape index (κ2) is 10.8. The van der Waals surface area contributed by atoms with Crippen LogP contribution in [0.25, 0.3) is 17.5 Å². The van der Waals surface area contributed by atoms with Crippen LogP contribution in [0.5, 0.6) is 5.75 Å². The van der Waals surface area contributed by atoms with Crippen molar-refractivity contribution >= 4 is 12.0 Å². The lowest BCUT2D eigenvalue weighted by Crippen LogP contribution is -2.17. The molecule has 3 aromatic rings. The second-order valence-corrected chi connectivity index (χ2v) is 6.43. The molecule has 8 heteroatoms. The minimum absolute atomic E-state index is 0.145. The quantitative estimate of drug-likeness (QED) is 0.361. The molecule has 0 radical (unpaired) electrons. The molecular weight excluding hydrogens is 386 g/mol. The summed E-state index contributed by atoms with van der Waals surface area (Å²) in [4.78, 5) is 20.6. The molecule has 156 valence electrons. The van der Waals surface area contributed by atoms with Crippen LogP contribution in [0.3, 0.4) is 0 Å². The topological polar surface area (TPSA) is 107 Å². The molecule has 2 aromatic carbocycles. The number of nitrogens with one attached hydrogen (secondary N) is 1. The molecule has 0 bridgehead atoms. The Bertz CT molecular complexity index is 968. The van der Waals surface area contributed by atoms with Gasteiger partial charge in [-0.05, 0) is 30.2 Å². The van der Waals surface area contributed by atoms with E-state index in [1.807, 2.05) is 49.4 Å². The first kappa shape index (κ1) is 21.1. The first-order valence-electron chi connectivity index (χ1n) is 9.55. The van der Waals surface area contributed by atoms with Crippen molar-refractivity contribution in [3.8, 4) is 17.1 Å². The van der Waals surface area contributed by atoms with E-state index in [9.17, 15) is 4.79 Å². The molecule has 0 aliphatic carbocycles. The van der Waals surface area contributed by atoms with Crippen molar-refractivity contribution in [2.24, 2.45) is 0 Å². The number of ether oxygens (including phenoxy) is 1. The summed E-state index contributed by atoms with van der Waals surface area (Å²) in [6.45, 7) is 2.61. The van der Waals surface area contributed by atoms with Crippen LogP contribution in [0.4, 0.5) is 0 Å². The zero-order chi connectivity index (χ0) is 21.2. The number of nitrogens with zero attached hydrogens (tertiary/aromatic N) is 2. The number of carboxylic acids is 1. The fraction of sp³-hybridized carbons (Fsp3) is 0.227. The van der Waals surface area contributed by atoms with Gasteiger partial charge in [-0.3, -0.25) is 15.1 Å². The number of aliphatic carboxylic acids is 1. The molecule has 0 aliphatic rings. The highest BCUT2D eigenvalue weighted by atomic mass is 16.6. The average molecular weight is 409 g/mol. The van der Waals surface area contributed by atoms with E-state index in [1.165, 1.54) is 0 Å². The van der Waals surface area contributed by atoms with Crippen LogP contribution >= 0.6 is 0 Å². The number of benzene rings is 2. The highest BCUT2D eigenvalue weighted by Crippen LogP contribution is 2.18. The van der Waals surface area contributed by atoms with Gasteiger partial charge in [0.15, 0.2) is 6.61 Å². The summed E-state index contributed by atoms with van der Waals surface area (Å²) >= 11 is 0. The van der Waals surface area contributed by atoms with Crippen LogP contribution in [-0.4, -0.2) is 27.8 Å². The van der Waals surface area contributed by atoms with Gasteiger partial charge in [-0.1, -0.05) is 54.5 Å². The Kier molecular flexibility index (Phi) is 7.57. The summed E-state index contributed by atoms with van der Waals surface area (Å²) in [5, 5.41) is 13.0. The maximum atomic E-state index is 11.0. The van der Waals surface area contributed by atoms with Gasteiger partial charge in [0.25, 0.3) is 5.89 Å². The van der Waals surface area contributed by atoms with Crippen molar-refractivity contribution in [3.63, 3.8) is 0 Å². The molecule has 0 aliphatic heterocycles. The Morgan fingerprint density at radius 1 is 1.17 bits per heavy atom. The molecule has 0 unspecified atom stereocenters. The number of carbonyl (C=O) groups is 1. The van der Waals surface area contributed by atoms with E-state index >= 15 is 0 Å². The molecule has 8 nitrogen and oxygen atoms in total. The number of hydrogen-bond acceptors (Lipinski definition) is 7. The van der Waals surface area contributed by atoms with Gasteiger partial charge in [0.05, 0.1) is 13.0 Å². The summed E-state index contributed by atoms with van der Waals surface area (Å²) < 4.78 is 10.9. The zero-order valence-corrected chi connectivity index (χ0v) is 16.6. The summed E-state index contributed by atoms with van der Waals surface area (Å²) in [5.41, 5.74) is 4.85. The molecule has 0 saturated heterocycles. The van der Waals surface area contributed by atoms with E-state index in [0.717, 1.165) is 17.5 Å². The molecule has 1 heterocycles. The van der Waals surface area contributed by atoms with Gasteiger partial charge >= 0.3 is 5.97 Å². The van der Waals surface area contributed by atoms with E-state index in [-0.39, 0.29) is 13.0 Å². The molecule has 0 fully saturated rings. The third-order valence-electron chi connectivity index (χ3n) is 3.93. The standard InChI is InChI=1S/C22H23N3O5/c1-2-12-29-24-18(14-21(26)27)13-16-8-10-19(11-9-16)28-15-20-23-22(25-30-20)17-6-4-3-5-7-17/h3-11,13,24H,2,12,14-15H2,1H3,(H,26,27). The maximum Gasteiger partial charge on any atom is 0.309 e. The van der Waals surface area contributed by atoms with Crippen molar-refractivity contribution in [1.29, 1.82) is 0 Å². The molecule has 1 aromatic heterocycles. The van der Waals surface area contributed by atoms with Crippen LogP contribution < -0.4 is 10.2 Å². The highest BCUT2D eigenvalue weighted by molar-refractivity contribution is 5.72. The summed E-state index contributed by atoms with van der Waals surface area (Å²) in [6, 6.07) is 16.8. The van der Waals surface area contributed by atoms with Crippen LogP contribution in [0.2, 0.25) is 0 Å². The molecule has 0 atom stereocenters. The largest absolute Gasteiger partial charge is 0.484 e. The fourth-order valence-corrected chi connectivity index (χ4v) is 2.55. The van der Waals surface area contributed by atoms with Gasteiger partial charge in [-0.25, -0.2) is 0 Å². The van der Waals surface area contributed by atoms with Gasteiger partial charge < -0.3 is 14.4 Å². The first-order valence-corrected chi connectivity index (χ1v) is 9.55. The molecule has 30 heavy (non-hydrogen) atoms. The highest BCUT2D eigenvalue weighted by Gasteiger charge is 2.09. The Balaban J connectivity index is 1.58. The number of aromatic nitrogens is 2. The first-order chi connectivity index (χ1) is 14.6. The van der Waals surface area contributed by atoms with Crippen molar-refractivity contribution in [1.82, 2.24) is 15.6 Å².